The van der Waals surface area contributed by atoms with Gasteiger partial charge in [-0.3, -0.25) is 14.6 Å². The lowest BCUT2D eigenvalue weighted by molar-refractivity contribution is -0.149. The predicted molar refractivity (Wildman–Crippen MR) is 189 cm³/mol. The van der Waals surface area contributed by atoms with Gasteiger partial charge in [0, 0.05) is 60.4 Å². The Kier molecular flexibility index (Phi) is 11.6. The number of benzene rings is 2. The van der Waals surface area contributed by atoms with Crippen molar-refractivity contribution < 1.29 is 18.8 Å². The van der Waals surface area contributed by atoms with Gasteiger partial charge in [-0.15, -0.1) is 0 Å². The summed E-state index contributed by atoms with van der Waals surface area (Å²) in [5, 5.41) is 5.33. The highest BCUT2D eigenvalue weighted by Gasteiger charge is 2.47. The number of ether oxygens (including phenoxy) is 1. The molecule has 0 saturated carbocycles. The SMILES string of the molecule is CC(C)[Si](OC1CCN(N2CC[C@@H](Cc3c(Cl)cc(-c4ccc(C(=O)N5CCOCC5)cc4)cc3Cl)C2=O)CC1)(C(C)C)C(C)C. The van der Waals surface area contributed by atoms with Crippen molar-refractivity contribution in [3.05, 3.63) is 57.6 Å². The summed E-state index contributed by atoms with van der Waals surface area (Å²) < 4.78 is 12.4. The van der Waals surface area contributed by atoms with Gasteiger partial charge < -0.3 is 14.1 Å². The van der Waals surface area contributed by atoms with E-state index in [1.165, 1.54) is 0 Å². The van der Waals surface area contributed by atoms with Crippen LogP contribution in [0.25, 0.3) is 11.1 Å². The third kappa shape index (κ3) is 7.37. The van der Waals surface area contributed by atoms with E-state index in [0.717, 1.165) is 55.6 Å². The quantitative estimate of drug-likeness (QED) is 0.236. The summed E-state index contributed by atoms with van der Waals surface area (Å²) in [5.41, 5.74) is 4.98. The molecule has 0 aliphatic carbocycles. The normalized spacial score (nSPS) is 20.5. The zero-order valence-corrected chi connectivity index (χ0v) is 30.9. The summed E-state index contributed by atoms with van der Waals surface area (Å²) in [5.74, 6) is 0.0239. The van der Waals surface area contributed by atoms with Crippen molar-refractivity contribution in [2.75, 3.05) is 45.9 Å². The first-order chi connectivity index (χ1) is 21.9. The van der Waals surface area contributed by atoms with E-state index >= 15 is 0 Å². The van der Waals surface area contributed by atoms with Gasteiger partial charge in [0.15, 0.2) is 0 Å². The summed E-state index contributed by atoms with van der Waals surface area (Å²) in [7, 11) is -1.93. The van der Waals surface area contributed by atoms with E-state index < -0.39 is 8.32 Å². The molecule has 0 aromatic heterocycles. The summed E-state index contributed by atoms with van der Waals surface area (Å²) >= 11 is 13.6. The van der Waals surface area contributed by atoms with Gasteiger partial charge in [-0.2, -0.15) is 0 Å². The molecule has 0 N–H and O–H groups in total. The van der Waals surface area contributed by atoms with Crippen LogP contribution in [0, 0.1) is 5.92 Å². The number of halogens is 2. The van der Waals surface area contributed by atoms with E-state index in [1.807, 2.05) is 46.3 Å². The lowest BCUT2D eigenvalue weighted by Gasteiger charge is -2.47. The van der Waals surface area contributed by atoms with Crippen LogP contribution < -0.4 is 0 Å². The van der Waals surface area contributed by atoms with Crippen LogP contribution >= 0.6 is 23.2 Å². The molecule has 3 saturated heterocycles. The van der Waals surface area contributed by atoms with Gasteiger partial charge in [-0.25, -0.2) is 5.01 Å². The first kappa shape index (κ1) is 35.4. The van der Waals surface area contributed by atoms with Gasteiger partial charge in [0.1, 0.15) is 0 Å². The number of hydrogen-bond donors (Lipinski definition) is 0. The van der Waals surface area contributed by atoms with Crippen LogP contribution in [0.2, 0.25) is 26.7 Å². The molecule has 0 radical (unpaired) electrons. The van der Waals surface area contributed by atoms with Gasteiger partial charge >= 0.3 is 0 Å². The van der Waals surface area contributed by atoms with Crippen molar-refractivity contribution in [1.82, 2.24) is 14.9 Å². The Morgan fingerprint density at radius 3 is 1.96 bits per heavy atom. The lowest BCUT2D eigenvalue weighted by Crippen LogP contribution is -2.54. The molecule has 7 nitrogen and oxygen atoms in total. The third-order valence-corrected chi connectivity index (χ3v) is 17.3. The molecule has 0 bridgehead atoms. The number of morpholine rings is 1. The summed E-state index contributed by atoms with van der Waals surface area (Å²) in [6.07, 6.45) is 3.48. The second-order valence-corrected chi connectivity index (χ2v) is 20.4. The molecule has 46 heavy (non-hydrogen) atoms. The van der Waals surface area contributed by atoms with Crippen molar-refractivity contribution in [3.8, 4) is 11.1 Å². The molecule has 3 aliphatic rings. The van der Waals surface area contributed by atoms with Crippen molar-refractivity contribution in [3.63, 3.8) is 0 Å². The zero-order chi connectivity index (χ0) is 33.2. The second kappa shape index (κ2) is 15.1. The van der Waals surface area contributed by atoms with Crippen molar-refractivity contribution >= 4 is 43.3 Å². The van der Waals surface area contributed by atoms with Crippen LogP contribution in [0.4, 0.5) is 0 Å². The maximum absolute atomic E-state index is 13.6. The minimum atomic E-state index is -1.93. The van der Waals surface area contributed by atoms with E-state index in [4.69, 9.17) is 32.4 Å². The highest BCUT2D eigenvalue weighted by molar-refractivity contribution is 6.77. The average molecular weight is 689 g/mol. The number of rotatable bonds is 10. The third-order valence-electron chi connectivity index (χ3n) is 10.5. The summed E-state index contributed by atoms with van der Waals surface area (Å²) in [6, 6.07) is 11.4. The molecule has 2 aromatic rings. The Bertz CT molecular complexity index is 1330. The van der Waals surface area contributed by atoms with E-state index in [9.17, 15) is 9.59 Å². The van der Waals surface area contributed by atoms with Crippen LogP contribution in [0.5, 0.6) is 0 Å². The van der Waals surface area contributed by atoms with E-state index in [1.54, 1.807) is 0 Å². The second-order valence-electron chi connectivity index (χ2n) is 14.1. The van der Waals surface area contributed by atoms with Crippen LogP contribution in [0.15, 0.2) is 36.4 Å². The van der Waals surface area contributed by atoms with Crippen LogP contribution in [-0.4, -0.2) is 87.1 Å². The van der Waals surface area contributed by atoms with Gasteiger partial charge in [0.05, 0.1) is 13.2 Å². The number of amides is 2. The molecule has 10 heteroatoms. The highest BCUT2D eigenvalue weighted by Crippen LogP contribution is 2.44. The fraction of sp³-hybridized carbons (Fsp3) is 0.611. The number of nitrogens with zero attached hydrogens (tertiary/aromatic N) is 3. The van der Waals surface area contributed by atoms with Gasteiger partial charge in [0.25, 0.3) is 5.91 Å². The molecule has 3 aliphatic heterocycles. The summed E-state index contributed by atoms with van der Waals surface area (Å²) in [4.78, 5) is 28.3. The molecule has 3 heterocycles. The standard InChI is InChI=1S/C36H51Cl2N3O4Si/c1-24(2)46(25(3)4,26(5)6)45-31-12-14-40(15-13-31)41-16-11-29(36(41)43)21-32-33(37)22-30(23-34(32)38)27-7-9-28(10-8-27)35(42)39-17-19-44-20-18-39/h7-10,22-26,29,31H,11-21H2,1-6H3/t29-/m0/s1. The first-order valence-electron chi connectivity index (χ1n) is 17.1. The zero-order valence-electron chi connectivity index (χ0n) is 28.4. The van der Waals surface area contributed by atoms with Gasteiger partial charge in [-0.05, 0) is 83.3 Å². The van der Waals surface area contributed by atoms with E-state index in [2.05, 4.69) is 46.6 Å². The number of hydrogen-bond acceptors (Lipinski definition) is 5. The molecule has 0 unspecified atom stereocenters. The first-order valence-corrected chi connectivity index (χ1v) is 20.0. The fourth-order valence-electron chi connectivity index (χ4n) is 8.06. The number of piperidine rings is 1. The van der Waals surface area contributed by atoms with Crippen molar-refractivity contribution in [2.24, 2.45) is 5.92 Å². The Morgan fingerprint density at radius 2 is 1.41 bits per heavy atom. The van der Waals surface area contributed by atoms with Crippen molar-refractivity contribution in [1.29, 1.82) is 0 Å². The maximum atomic E-state index is 13.6. The molecule has 2 amide bonds. The van der Waals surface area contributed by atoms with Gasteiger partial charge in [0.2, 0.25) is 14.2 Å². The highest BCUT2D eigenvalue weighted by atomic mass is 35.5. The minimum Gasteiger partial charge on any atom is -0.413 e. The molecular weight excluding hydrogens is 637 g/mol. The monoisotopic (exact) mass is 687 g/mol. The molecule has 0 spiro atoms. The lowest BCUT2D eigenvalue weighted by atomic mass is 9.95. The molecule has 5 rings (SSSR count). The molecular formula is C36H51Cl2N3O4Si. The Morgan fingerprint density at radius 1 is 0.848 bits per heavy atom. The van der Waals surface area contributed by atoms with Crippen LogP contribution in [-0.2, 0) is 20.4 Å². The fourth-order valence-corrected chi connectivity index (χ4v) is 14.3. The molecule has 252 valence electrons. The molecule has 1 atom stereocenters. The number of carbonyl (C=O) groups is 2. The summed E-state index contributed by atoms with van der Waals surface area (Å²) in [6.45, 7) is 18.8. The Labute approximate surface area is 286 Å². The number of hydrazine groups is 1. The smallest absolute Gasteiger partial charge is 0.254 e. The van der Waals surface area contributed by atoms with E-state index in [-0.39, 0.29) is 23.8 Å². The Balaban J connectivity index is 1.18. The topological polar surface area (TPSA) is 62.3 Å². The largest absolute Gasteiger partial charge is 0.413 e. The minimum absolute atomic E-state index is 0.0151. The molecule has 2 aromatic carbocycles. The maximum Gasteiger partial charge on any atom is 0.254 e. The van der Waals surface area contributed by atoms with Crippen LogP contribution in [0.1, 0.15) is 76.7 Å². The average Bonchev–Trinajstić information content (AvgIpc) is 3.40. The Hall–Kier alpha value is -1.94. The van der Waals surface area contributed by atoms with Gasteiger partial charge in [-0.1, -0.05) is 76.9 Å². The van der Waals surface area contributed by atoms with Crippen molar-refractivity contribution in [2.45, 2.75) is 90.0 Å². The molecule has 3 fully saturated rings. The predicted octanol–water partition coefficient (Wildman–Crippen LogP) is 8.10. The van der Waals surface area contributed by atoms with Crippen LogP contribution in [0.3, 0.4) is 0 Å². The van der Waals surface area contributed by atoms with E-state index in [0.29, 0.717) is 65.0 Å². The number of carbonyl (C=O) groups excluding carboxylic acids is 2.